The Hall–Kier alpha value is -3.47. The molecule has 3 heterocycles. The van der Waals surface area contributed by atoms with Gasteiger partial charge in [-0.1, -0.05) is 87.1 Å². The van der Waals surface area contributed by atoms with Crippen LogP contribution in [0.4, 0.5) is 11.4 Å². The van der Waals surface area contributed by atoms with Crippen LogP contribution >= 0.6 is 39.0 Å². The van der Waals surface area contributed by atoms with Crippen LogP contribution in [0, 0.1) is 12.8 Å². The number of halogens is 1. The molecule has 3 aromatic carbocycles. The molecule has 0 spiro atoms. The third-order valence-corrected chi connectivity index (χ3v) is 10.1. The summed E-state index contributed by atoms with van der Waals surface area (Å²) in [6, 6.07) is 24.0. The Morgan fingerprint density at radius 1 is 0.923 bits per heavy atom. The number of anilines is 2. The van der Waals surface area contributed by atoms with E-state index in [1.165, 1.54) is 21.2 Å². The van der Waals surface area contributed by atoms with Crippen molar-refractivity contribution in [2.24, 2.45) is 5.92 Å². The smallest absolute Gasteiger partial charge is 0.308 e. The monoisotopic (exact) mass is 619 g/mol. The summed E-state index contributed by atoms with van der Waals surface area (Å²) in [7, 11) is 0. The summed E-state index contributed by atoms with van der Waals surface area (Å²) in [6.45, 7) is 1.77. The highest BCUT2D eigenvalue weighted by Crippen LogP contribution is 2.53. The van der Waals surface area contributed by atoms with Gasteiger partial charge in [0.05, 0.1) is 16.6 Å². The van der Waals surface area contributed by atoms with E-state index in [-0.39, 0.29) is 29.1 Å². The van der Waals surface area contributed by atoms with Crippen molar-refractivity contribution < 1.29 is 14.4 Å². The Balaban J connectivity index is 1.39. The third kappa shape index (κ3) is 4.66. The number of thioether (sulfide) groups is 1. The zero-order valence-corrected chi connectivity index (χ0v) is 23.9. The first-order valence-corrected chi connectivity index (χ1v) is 14.8. The van der Waals surface area contributed by atoms with Crippen LogP contribution in [-0.2, 0) is 20.9 Å². The number of carbonyl (C=O) groups is 3. The van der Waals surface area contributed by atoms with Crippen LogP contribution in [-0.4, -0.2) is 27.5 Å². The number of fused-ring (bicyclic) bond motifs is 2. The molecule has 3 atom stereocenters. The molecular weight excluding hydrogens is 598 g/mol. The molecule has 2 aliphatic rings. The van der Waals surface area contributed by atoms with Gasteiger partial charge in [-0.3, -0.25) is 23.7 Å². The Labute approximate surface area is 241 Å². The maximum atomic E-state index is 13.9. The molecular formula is C29H22BrN3O4S2. The van der Waals surface area contributed by atoms with Gasteiger partial charge in [0.25, 0.3) is 0 Å². The number of amides is 3. The lowest BCUT2D eigenvalue weighted by Crippen LogP contribution is -2.33. The topological polar surface area (TPSA) is 88.5 Å². The van der Waals surface area contributed by atoms with Crippen LogP contribution < -0.4 is 15.1 Å². The summed E-state index contributed by atoms with van der Waals surface area (Å²) >= 11 is 5.65. The molecule has 0 aliphatic carbocycles. The average molecular weight is 621 g/mol. The number of imide groups is 1. The van der Waals surface area contributed by atoms with Crippen molar-refractivity contribution in [1.82, 2.24) is 4.57 Å². The largest absolute Gasteiger partial charge is 0.325 e. The maximum Gasteiger partial charge on any atom is 0.308 e. The van der Waals surface area contributed by atoms with Gasteiger partial charge in [0, 0.05) is 21.0 Å². The van der Waals surface area contributed by atoms with Gasteiger partial charge in [-0.05, 0) is 48.9 Å². The normalized spacial score (nSPS) is 20.1. The predicted molar refractivity (Wildman–Crippen MR) is 156 cm³/mol. The second kappa shape index (κ2) is 10.3. The van der Waals surface area contributed by atoms with Gasteiger partial charge in [0.2, 0.25) is 17.7 Å². The Kier molecular flexibility index (Phi) is 6.78. The number of hydrogen-bond donors (Lipinski definition) is 1. The fourth-order valence-electron chi connectivity index (χ4n) is 5.10. The predicted octanol–water partition coefficient (Wildman–Crippen LogP) is 5.42. The molecule has 2 aliphatic heterocycles. The molecule has 0 radical (unpaired) electrons. The molecule has 1 N–H and O–H groups in total. The number of hydrogen-bond acceptors (Lipinski definition) is 6. The molecule has 3 amide bonds. The van der Waals surface area contributed by atoms with Gasteiger partial charge in [-0.2, -0.15) is 0 Å². The molecule has 0 bridgehead atoms. The molecule has 6 rings (SSSR count). The SMILES string of the molecule is Cc1ccc(NC(=O)Cn2c3c(sc2=O)[C@H](c2ccccc2)C2C(=O)N(c4ccc(Br)cc4)C(=O)C2S3)cc1. The molecule has 4 aromatic rings. The second-order valence-electron chi connectivity index (χ2n) is 9.48. The lowest BCUT2D eigenvalue weighted by molar-refractivity contribution is -0.122. The van der Waals surface area contributed by atoms with Crippen LogP contribution in [0.2, 0.25) is 0 Å². The third-order valence-electron chi connectivity index (χ3n) is 6.93. The number of carbonyl (C=O) groups excluding carboxylic acids is 3. The van der Waals surface area contributed by atoms with Crippen molar-refractivity contribution >= 4 is 68.1 Å². The highest BCUT2D eigenvalue weighted by Gasteiger charge is 2.56. The van der Waals surface area contributed by atoms with Crippen molar-refractivity contribution in [3.63, 3.8) is 0 Å². The van der Waals surface area contributed by atoms with Crippen LogP contribution in [0.5, 0.6) is 0 Å². The molecule has 39 heavy (non-hydrogen) atoms. The summed E-state index contributed by atoms with van der Waals surface area (Å²) < 4.78 is 2.27. The Bertz CT molecular complexity index is 1650. The summed E-state index contributed by atoms with van der Waals surface area (Å²) in [6.07, 6.45) is 0. The fourth-order valence-corrected chi connectivity index (χ4v) is 8.14. The number of aromatic nitrogens is 1. The van der Waals surface area contributed by atoms with Crippen molar-refractivity contribution in [3.8, 4) is 0 Å². The zero-order valence-electron chi connectivity index (χ0n) is 20.7. The molecule has 10 heteroatoms. The van der Waals surface area contributed by atoms with Crippen LogP contribution in [0.15, 0.2) is 93.2 Å². The van der Waals surface area contributed by atoms with Gasteiger partial charge < -0.3 is 5.32 Å². The molecule has 0 saturated carbocycles. The van der Waals surface area contributed by atoms with E-state index in [0.717, 1.165) is 26.9 Å². The minimum Gasteiger partial charge on any atom is -0.325 e. The summed E-state index contributed by atoms with van der Waals surface area (Å²) in [5.41, 5.74) is 3.07. The summed E-state index contributed by atoms with van der Waals surface area (Å²) in [4.78, 5) is 55.4. The van der Waals surface area contributed by atoms with Crippen molar-refractivity contribution in [1.29, 1.82) is 0 Å². The standard InChI is InChI=1S/C29H22BrN3O4S2/c1-16-7-11-19(12-8-16)31-21(34)15-32-28-25(39-29(32)37)22(17-5-3-2-4-6-17)23-24(38-28)27(36)33(26(23)35)20-13-9-18(30)10-14-20/h2-14,22-24H,15H2,1H3,(H,31,34)/t22-,23?,24?/m1/s1. The Morgan fingerprint density at radius 3 is 2.31 bits per heavy atom. The highest BCUT2D eigenvalue weighted by molar-refractivity contribution is 9.10. The van der Waals surface area contributed by atoms with Gasteiger partial charge in [0.1, 0.15) is 11.8 Å². The van der Waals surface area contributed by atoms with E-state index >= 15 is 0 Å². The first-order chi connectivity index (χ1) is 18.8. The number of thiazole rings is 1. The number of benzene rings is 3. The Morgan fingerprint density at radius 2 is 1.62 bits per heavy atom. The number of aryl methyl sites for hydroxylation is 1. The molecule has 7 nitrogen and oxygen atoms in total. The van der Waals surface area contributed by atoms with E-state index < -0.39 is 17.1 Å². The number of nitrogens with one attached hydrogen (secondary N) is 1. The molecule has 1 saturated heterocycles. The highest BCUT2D eigenvalue weighted by atomic mass is 79.9. The van der Waals surface area contributed by atoms with Gasteiger partial charge in [-0.15, -0.1) is 0 Å². The quantitative estimate of drug-likeness (QED) is 0.302. The fraction of sp³-hybridized carbons (Fsp3) is 0.172. The van der Waals surface area contributed by atoms with E-state index in [4.69, 9.17) is 0 Å². The summed E-state index contributed by atoms with van der Waals surface area (Å²) in [5, 5.41) is 2.69. The summed E-state index contributed by atoms with van der Waals surface area (Å²) in [5.74, 6) is -2.11. The van der Waals surface area contributed by atoms with Gasteiger partial charge in [-0.25, -0.2) is 4.90 Å². The van der Waals surface area contributed by atoms with E-state index in [1.807, 2.05) is 61.5 Å². The molecule has 2 unspecified atom stereocenters. The van der Waals surface area contributed by atoms with E-state index in [0.29, 0.717) is 21.3 Å². The van der Waals surface area contributed by atoms with Crippen LogP contribution in [0.25, 0.3) is 0 Å². The van der Waals surface area contributed by atoms with E-state index in [9.17, 15) is 19.2 Å². The maximum absolute atomic E-state index is 13.9. The number of nitrogens with zero attached hydrogens (tertiary/aromatic N) is 2. The number of rotatable bonds is 5. The van der Waals surface area contributed by atoms with Crippen molar-refractivity contribution in [2.75, 3.05) is 10.2 Å². The van der Waals surface area contributed by atoms with E-state index in [1.54, 1.807) is 24.3 Å². The van der Waals surface area contributed by atoms with E-state index in [2.05, 4.69) is 21.2 Å². The van der Waals surface area contributed by atoms with Crippen LogP contribution in [0.1, 0.15) is 21.9 Å². The average Bonchev–Trinajstić information content (AvgIpc) is 3.37. The minimum absolute atomic E-state index is 0.191. The van der Waals surface area contributed by atoms with Gasteiger partial charge in [0.15, 0.2) is 0 Å². The van der Waals surface area contributed by atoms with Crippen molar-refractivity contribution in [3.05, 3.63) is 109 Å². The van der Waals surface area contributed by atoms with Crippen LogP contribution in [0.3, 0.4) is 0 Å². The minimum atomic E-state index is -0.723. The molecule has 196 valence electrons. The first-order valence-electron chi connectivity index (χ1n) is 12.3. The lowest BCUT2D eigenvalue weighted by atomic mass is 9.83. The second-order valence-corrected chi connectivity index (χ2v) is 12.5. The lowest BCUT2D eigenvalue weighted by Gasteiger charge is -2.30. The molecule has 1 aromatic heterocycles. The molecule has 1 fully saturated rings. The zero-order chi connectivity index (χ0) is 27.3. The van der Waals surface area contributed by atoms with Gasteiger partial charge >= 0.3 is 4.87 Å². The van der Waals surface area contributed by atoms with Crippen molar-refractivity contribution in [2.45, 2.75) is 29.7 Å². The first kappa shape index (κ1) is 25.8.